The number of hydrogen-bond acceptors (Lipinski definition) is 3. The van der Waals surface area contributed by atoms with E-state index in [-0.39, 0.29) is 0 Å². The lowest BCUT2D eigenvalue weighted by Crippen LogP contribution is -2.37. The fourth-order valence-electron chi connectivity index (χ4n) is 3.54. The van der Waals surface area contributed by atoms with Crippen molar-refractivity contribution in [3.63, 3.8) is 0 Å². The lowest BCUT2D eigenvalue weighted by molar-refractivity contribution is 0.203. The van der Waals surface area contributed by atoms with Crippen LogP contribution in [0, 0.1) is 0 Å². The third kappa shape index (κ3) is 2.08. The number of rotatable bonds is 3. The van der Waals surface area contributed by atoms with Gasteiger partial charge in [-0.25, -0.2) is 0 Å². The molecule has 3 heterocycles. The lowest BCUT2D eigenvalue weighted by atomic mass is 9.96. The van der Waals surface area contributed by atoms with Crippen LogP contribution in [-0.4, -0.2) is 22.1 Å². The maximum absolute atomic E-state index is 4.98. The van der Waals surface area contributed by atoms with Crippen LogP contribution in [0.3, 0.4) is 0 Å². The summed E-state index contributed by atoms with van der Waals surface area (Å²) in [6.07, 6.45) is 9.69. The number of nitrogens with zero attached hydrogens (tertiary/aromatic N) is 2. The fourth-order valence-corrected chi connectivity index (χ4v) is 3.54. The Morgan fingerprint density at radius 2 is 2.10 bits per heavy atom. The third-order valence-electron chi connectivity index (χ3n) is 4.55. The third-order valence-corrected chi connectivity index (χ3v) is 4.55. The molecule has 2 aliphatic heterocycles. The van der Waals surface area contributed by atoms with Gasteiger partial charge in [-0.05, 0) is 30.4 Å². The van der Waals surface area contributed by atoms with E-state index in [0.29, 0.717) is 12.1 Å². The molecule has 1 fully saturated rings. The van der Waals surface area contributed by atoms with Crippen molar-refractivity contribution in [1.82, 2.24) is 10.1 Å². The van der Waals surface area contributed by atoms with E-state index < -0.39 is 0 Å². The summed E-state index contributed by atoms with van der Waals surface area (Å²) in [5.74, 6) is 0. The molecule has 0 N–H and O–H groups in total. The molecule has 3 heteroatoms. The molecular weight excluding hydrogens is 248 g/mol. The Labute approximate surface area is 118 Å². The molecule has 3 nitrogen and oxygen atoms in total. The standard InChI is InChI=1S/C17H18N2O/c1-2-4-13(5-3-1)11-19-16-6-7-17(19)9-14(8-16)15-10-18-20-12-15/h1-5,8,10,12,16-17H,6-7,9,11H2. The Morgan fingerprint density at radius 1 is 1.20 bits per heavy atom. The first-order chi connectivity index (χ1) is 9.90. The topological polar surface area (TPSA) is 29.3 Å². The minimum Gasteiger partial charge on any atom is -0.364 e. The largest absolute Gasteiger partial charge is 0.364 e. The van der Waals surface area contributed by atoms with Crippen molar-refractivity contribution in [3.05, 3.63) is 60.0 Å². The van der Waals surface area contributed by atoms with Crippen LogP contribution in [0.1, 0.15) is 30.4 Å². The zero-order valence-corrected chi connectivity index (χ0v) is 11.4. The highest BCUT2D eigenvalue weighted by molar-refractivity contribution is 5.66. The van der Waals surface area contributed by atoms with Gasteiger partial charge in [-0.15, -0.1) is 0 Å². The molecule has 2 aromatic rings. The maximum atomic E-state index is 4.98. The summed E-state index contributed by atoms with van der Waals surface area (Å²) in [5.41, 5.74) is 3.97. The van der Waals surface area contributed by atoms with Gasteiger partial charge in [0.15, 0.2) is 0 Å². The highest BCUT2D eigenvalue weighted by Gasteiger charge is 2.36. The van der Waals surface area contributed by atoms with Crippen LogP contribution in [0.4, 0.5) is 0 Å². The lowest BCUT2D eigenvalue weighted by Gasteiger charge is -2.33. The molecule has 2 bridgehead atoms. The van der Waals surface area contributed by atoms with Crippen LogP contribution >= 0.6 is 0 Å². The molecule has 0 saturated carbocycles. The van der Waals surface area contributed by atoms with Crippen LogP contribution in [0.2, 0.25) is 0 Å². The molecule has 0 amide bonds. The minimum atomic E-state index is 0.568. The second-order valence-corrected chi connectivity index (χ2v) is 5.77. The molecule has 1 aromatic heterocycles. The zero-order chi connectivity index (χ0) is 13.4. The predicted molar refractivity (Wildman–Crippen MR) is 77.9 cm³/mol. The van der Waals surface area contributed by atoms with E-state index in [1.807, 2.05) is 6.20 Å². The average molecular weight is 266 g/mol. The van der Waals surface area contributed by atoms with Crippen molar-refractivity contribution in [3.8, 4) is 0 Å². The van der Waals surface area contributed by atoms with E-state index in [1.165, 1.54) is 24.0 Å². The Morgan fingerprint density at radius 3 is 2.85 bits per heavy atom. The second kappa shape index (κ2) is 4.91. The Balaban J connectivity index is 1.57. The van der Waals surface area contributed by atoms with Crippen molar-refractivity contribution in [2.75, 3.05) is 0 Å². The zero-order valence-electron chi connectivity index (χ0n) is 11.4. The number of benzene rings is 1. The highest BCUT2D eigenvalue weighted by Crippen LogP contribution is 2.39. The summed E-state index contributed by atoms with van der Waals surface area (Å²) < 4.78 is 4.98. The summed E-state index contributed by atoms with van der Waals surface area (Å²) in [7, 11) is 0. The molecule has 102 valence electrons. The second-order valence-electron chi connectivity index (χ2n) is 5.77. The summed E-state index contributed by atoms with van der Waals surface area (Å²) in [4.78, 5) is 2.65. The molecule has 0 aliphatic carbocycles. The van der Waals surface area contributed by atoms with E-state index >= 15 is 0 Å². The molecule has 2 aliphatic rings. The molecule has 0 radical (unpaired) electrons. The molecule has 1 aromatic carbocycles. The quantitative estimate of drug-likeness (QED) is 0.851. The first kappa shape index (κ1) is 11.9. The van der Waals surface area contributed by atoms with Crippen LogP contribution < -0.4 is 0 Å². The summed E-state index contributed by atoms with van der Waals surface area (Å²) in [6.45, 7) is 1.06. The first-order valence-corrected chi connectivity index (χ1v) is 7.30. The molecule has 0 spiro atoms. The van der Waals surface area contributed by atoms with Crippen molar-refractivity contribution in [1.29, 1.82) is 0 Å². The van der Waals surface area contributed by atoms with Crippen molar-refractivity contribution in [2.45, 2.75) is 37.9 Å². The Kier molecular flexibility index (Phi) is 2.92. The number of hydrogen-bond donors (Lipinski definition) is 0. The monoisotopic (exact) mass is 266 g/mol. The van der Waals surface area contributed by atoms with Gasteiger partial charge in [-0.1, -0.05) is 41.6 Å². The Bertz CT molecular complexity index is 603. The molecule has 2 atom stereocenters. The maximum Gasteiger partial charge on any atom is 0.131 e. The summed E-state index contributed by atoms with van der Waals surface area (Å²) in [6, 6.07) is 12.0. The van der Waals surface area contributed by atoms with Gasteiger partial charge in [0.05, 0.1) is 6.20 Å². The van der Waals surface area contributed by atoms with Crippen molar-refractivity contribution in [2.24, 2.45) is 0 Å². The van der Waals surface area contributed by atoms with Crippen LogP contribution in [0.5, 0.6) is 0 Å². The first-order valence-electron chi connectivity index (χ1n) is 7.30. The van der Waals surface area contributed by atoms with Crippen molar-refractivity contribution < 1.29 is 4.52 Å². The molecular formula is C17H18N2O. The molecule has 4 rings (SSSR count). The van der Waals surface area contributed by atoms with Gasteiger partial charge in [0.1, 0.15) is 6.26 Å². The van der Waals surface area contributed by atoms with E-state index in [9.17, 15) is 0 Å². The van der Waals surface area contributed by atoms with Gasteiger partial charge in [-0.3, -0.25) is 4.90 Å². The SMILES string of the molecule is C1=C(c2cnoc2)CC2CCC1N2Cc1ccccc1. The van der Waals surface area contributed by atoms with Crippen LogP contribution in [0.25, 0.3) is 5.57 Å². The molecule has 2 unspecified atom stereocenters. The smallest absolute Gasteiger partial charge is 0.131 e. The van der Waals surface area contributed by atoms with Gasteiger partial charge < -0.3 is 4.52 Å². The van der Waals surface area contributed by atoms with E-state index in [2.05, 4.69) is 46.5 Å². The van der Waals surface area contributed by atoms with Gasteiger partial charge in [0.2, 0.25) is 0 Å². The van der Waals surface area contributed by atoms with Gasteiger partial charge in [0, 0.05) is 24.2 Å². The minimum absolute atomic E-state index is 0.568. The predicted octanol–water partition coefficient (Wildman–Crippen LogP) is 3.49. The average Bonchev–Trinajstić information content (AvgIpc) is 3.08. The number of aromatic nitrogens is 1. The van der Waals surface area contributed by atoms with Gasteiger partial charge in [-0.2, -0.15) is 0 Å². The summed E-state index contributed by atoms with van der Waals surface area (Å²) >= 11 is 0. The van der Waals surface area contributed by atoms with E-state index in [4.69, 9.17) is 4.52 Å². The molecule has 1 saturated heterocycles. The molecule has 20 heavy (non-hydrogen) atoms. The fraction of sp³-hybridized carbons (Fsp3) is 0.353. The van der Waals surface area contributed by atoms with Gasteiger partial charge in [0.25, 0.3) is 0 Å². The van der Waals surface area contributed by atoms with Crippen LogP contribution in [-0.2, 0) is 6.54 Å². The normalized spacial score (nSPS) is 25.7. The van der Waals surface area contributed by atoms with Crippen molar-refractivity contribution >= 4 is 5.57 Å². The van der Waals surface area contributed by atoms with Gasteiger partial charge >= 0.3 is 0 Å². The Hall–Kier alpha value is -1.87. The number of fused-ring (bicyclic) bond motifs is 2. The van der Waals surface area contributed by atoms with Crippen LogP contribution in [0.15, 0.2) is 53.4 Å². The van der Waals surface area contributed by atoms with E-state index in [0.717, 1.165) is 18.5 Å². The summed E-state index contributed by atoms with van der Waals surface area (Å²) in [5, 5.41) is 3.83. The van der Waals surface area contributed by atoms with E-state index in [1.54, 1.807) is 6.26 Å². The highest BCUT2D eigenvalue weighted by atomic mass is 16.5.